The van der Waals surface area contributed by atoms with E-state index in [0.29, 0.717) is 11.8 Å². The second kappa shape index (κ2) is 6.74. The largest absolute Gasteiger partial charge is 0.481 e. The van der Waals surface area contributed by atoms with E-state index in [4.69, 9.17) is 0 Å². The monoisotopic (exact) mass is 440 g/mol. The van der Waals surface area contributed by atoms with E-state index in [1.165, 1.54) is 24.0 Å². The van der Waals surface area contributed by atoms with Crippen LogP contribution in [0.1, 0.15) is 98.8 Å². The highest BCUT2D eigenvalue weighted by molar-refractivity contribution is 5.77. The fraction of sp³-hybridized carbons (Fsp3) is 0.828. The molecule has 4 fully saturated rings. The van der Waals surface area contributed by atoms with Crippen LogP contribution in [0.3, 0.4) is 0 Å². The predicted molar refractivity (Wildman–Crippen MR) is 128 cm³/mol. The van der Waals surface area contributed by atoms with Crippen molar-refractivity contribution in [2.75, 3.05) is 0 Å². The summed E-state index contributed by atoms with van der Waals surface area (Å²) in [5.74, 6) is 0.682. The van der Waals surface area contributed by atoms with Crippen molar-refractivity contribution in [1.29, 1.82) is 0 Å². The van der Waals surface area contributed by atoms with E-state index in [2.05, 4.69) is 47.3 Å². The van der Waals surface area contributed by atoms with Gasteiger partial charge in [-0.25, -0.2) is 0 Å². The molecule has 0 aromatic rings. The zero-order valence-corrected chi connectivity index (χ0v) is 21.0. The third-order valence-corrected chi connectivity index (χ3v) is 12.5. The number of hydrogen-bond acceptors (Lipinski definition) is 2. The first-order valence-electron chi connectivity index (χ1n) is 13.1. The number of fused-ring (bicyclic) bond motifs is 7. The maximum Gasteiger partial charge on any atom is 0.310 e. The third kappa shape index (κ3) is 2.55. The molecule has 3 nitrogen and oxygen atoms in total. The lowest BCUT2D eigenvalue weighted by Gasteiger charge is -2.70. The Balaban J connectivity index is 1.60. The number of carboxylic acid groups (broad SMARTS) is 1. The van der Waals surface area contributed by atoms with Gasteiger partial charge in [-0.05, 0) is 97.7 Å². The van der Waals surface area contributed by atoms with Gasteiger partial charge in [-0.15, -0.1) is 0 Å². The summed E-state index contributed by atoms with van der Waals surface area (Å²) in [6.07, 6.45) is 12.0. The van der Waals surface area contributed by atoms with Crippen LogP contribution in [0.15, 0.2) is 23.8 Å². The SMILES string of the molecule is C=C1CC[C@]2(C(=O)O)CC[C@]3(C)C(=CC[C@@H]4[C@@]5(C)CC[C@@H](O)C(C)(C)[C@@H]5CC[C@]43C)[C@H]2C1. The summed E-state index contributed by atoms with van der Waals surface area (Å²) in [4.78, 5) is 12.6. The van der Waals surface area contributed by atoms with Gasteiger partial charge in [-0.2, -0.15) is 0 Å². The molecule has 4 saturated carbocycles. The van der Waals surface area contributed by atoms with Crippen molar-refractivity contribution in [3.63, 3.8) is 0 Å². The van der Waals surface area contributed by atoms with E-state index in [1.807, 2.05) is 0 Å². The molecule has 178 valence electrons. The highest BCUT2D eigenvalue weighted by Gasteiger charge is 2.68. The molecule has 5 rings (SSSR count). The van der Waals surface area contributed by atoms with Gasteiger partial charge >= 0.3 is 5.97 Å². The highest BCUT2D eigenvalue weighted by Crippen LogP contribution is 2.75. The van der Waals surface area contributed by atoms with Crippen molar-refractivity contribution < 1.29 is 15.0 Å². The lowest BCUT2D eigenvalue weighted by molar-refractivity contribution is -0.203. The first-order valence-corrected chi connectivity index (χ1v) is 13.1. The summed E-state index contributed by atoms with van der Waals surface area (Å²) in [5.41, 5.74) is 2.55. The number of allylic oxidation sites excluding steroid dienone is 3. The smallest absolute Gasteiger partial charge is 0.310 e. The Hall–Kier alpha value is -1.09. The van der Waals surface area contributed by atoms with Gasteiger partial charge in [0.15, 0.2) is 0 Å². The normalized spacial score (nSPS) is 52.1. The molecule has 5 aliphatic carbocycles. The average molecular weight is 441 g/mol. The van der Waals surface area contributed by atoms with Gasteiger partial charge in [0.1, 0.15) is 0 Å². The average Bonchev–Trinajstić information content (AvgIpc) is 2.71. The highest BCUT2D eigenvalue weighted by atomic mass is 16.4. The first kappa shape index (κ1) is 22.7. The first-order chi connectivity index (χ1) is 14.8. The molecule has 0 unspecified atom stereocenters. The molecule has 0 aromatic heterocycles. The van der Waals surface area contributed by atoms with Gasteiger partial charge in [0.2, 0.25) is 0 Å². The molecule has 0 amide bonds. The van der Waals surface area contributed by atoms with Gasteiger partial charge in [0.05, 0.1) is 11.5 Å². The van der Waals surface area contributed by atoms with Gasteiger partial charge in [0.25, 0.3) is 0 Å². The van der Waals surface area contributed by atoms with Crippen LogP contribution in [0.4, 0.5) is 0 Å². The fourth-order valence-electron chi connectivity index (χ4n) is 10.2. The maximum absolute atomic E-state index is 12.6. The molecule has 5 aliphatic rings. The standard InChI is InChI=1S/C29H44O3/c1-18-9-14-29(24(31)32)16-15-27(5)19(20(29)17-18)7-8-22-26(4)12-11-23(30)25(2,3)21(26)10-13-28(22,27)6/h7,20-23,30H,1,8-17H2,2-6H3,(H,31,32)/t20-,21+,22-,23-,26+,27-,28-,29+/m1/s1. The van der Waals surface area contributed by atoms with Crippen LogP contribution in [0.2, 0.25) is 0 Å². The lowest BCUT2D eigenvalue weighted by atomic mass is 9.34. The third-order valence-electron chi connectivity index (χ3n) is 12.5. The van der Waals surface area contributed by atoms with E-state index in [1.54, 1.807) is 0 Å². The number of carboxylic acids is 1. The van der Waals surface area contributed by atoms with E-state index in [9.17, 15) is 15.0 Å². The van der Waals surface area contributed by atoms with Gasteiger partial charge < -0.3 is 10.2 Å². The summed E-state index contributed by atoms with van der Waals surface area (Å²) in [7, 11) is 0. The number of aliphatic carboxylic acids is 1. The van der Waals surface area contributed by atoms with Crippen molar-refractivity contribution in [1.82, 2.24) is 0 Å². The minimum Gasteiger partial charge on any atom is -0.481 e. The van der Waals surface area contributed by atoms with Crippen LogP contribution < -0.4 is 0 Å². The molecular weight excluding hydrogens is 396 g/mol. The molecule has 8 atom stereocenters. The number of hydrogen-bond donors (Lipinski definition) is 2. The zero-order chi connectivity index (χ0) is 23.3. The van der Waals surface area contributed by atoms with E-state index in [-0.39, 0.29) is 33.7 Å². The zero-order valence-electron chi connectivity index (χ0n) is 21.0. The lowest BCUT2D eigenvalue weighted by Crippen LogP contribution is -2.64. The molecule has 0 heterocycles. The second-order valence-corrected chi connectivity index (χ2v) is 13.6. The quantitative estimate of drug-likeness (QED) is 0.443. The summed E-state index contributed by atoms with van der Waals surface area (Å²) >= 11 is 0. The second-order valence-electron chi connectivity index (χ2n) is 13.6. The maximum atomic E-state index is 12.6. The topological polar surface area (TPSA) is 57.5 Å². The van der Waals surface area contributed by atoms with Gasteiger partial charge in [-0.3, -0.25) is 4.79 Å². The predicted octanol–water partition coefficient (Wildman–Crippen LogP) is 6.76. The Morgan fingerprint density at radius 3 is 2.41 bits per heavy atom. The van der Waals surface area contributed by atoms with Crippen molar-refractivity contribution in [3.8, 4) is 0 Å². The van der Waals surface area contributed by atoms with Crippen LogP contribution in [-0.2, 0) is 4.79 Å². The molecule has 0 aliphatic heterocycles. The molecule has 0 saturated heterocycles. The molecule has 0 spiro atoms. The number of aliphatic hydroxyl groups is 1. The summed E-state index contributed by atoms with van der Waals surface area (Å²) < 4.78 is 0. The van der Waals surface area contributed by atoms with Crippen LogP contribution in [0.5, 0.6) is 0 Å². The van der Waals surface area contributed by atoms with E-state index < -0.39 is 11.4 Å². The molecule has 0 bridgehead atoms. The van der Waals surface area contributed by atoms with Crippen LogP contribution in [0.25, 0.3) is 0 Å². The minimum atomic E-state index is -0.590. The molecule has 0 radical (unpaired) electrons. The van der Waals surface area contributed by atoms with E-state index >= 15 is 0 Å². The van der Waals surface area contributed by atoms with Crippen molar-refractivity contribution in [2.24, 2.45) is 44.8 Å². The van der Waals surface area contributed by atoms with E-state index in [0.717, 1.165) is 51.4 Å². The number of rotatable bonds is 1. The number of carbonyl (C=O) groups is 1. The Morgan fingerprint density at radius 1 is 1.00 bits per heavy atom. The fourth-order valence-corrected chi connectivity index (χ4v) is 10.2. The van der Waals surface area contributed by atoms with Crippen molar-refractivity contribution >= 4 is 5.97 Å². The Morgan fingerprint density at radius 2 is 1.72 bits per heavy atom. The van der Waals surface area contributed by atoms with Crippen LogP contribution in [0, 0.1) is 44.8 Å². The Kier molecular flexibility index (Phi) is 4.78. The van der Waals surface area contributed by atoms with Gasteiger partial charge in [0, 0.05) is 5.92 Å². The summed E-state index contributed by atoms with van der Waals surface area (Å²) in [6.45, 7) is 16.5. The Bertz CT molecular complexity index is 885. The minimum absolute atomic E-state index is 0.0363. The number of aliphatic hydroxyl groups excluding tert-OH is 1. The molecular formula is C29H44O3. The van der Waals surface area contributed by atoms with Crippen molar-refractivity contribution in [3.05, 3.63) is 23.8 Å². The summed E-state index contributed by atoms with van der Waals surface area (Å²) in [6, 6.07) is 0. The molecule has 2 N–H and O–H groups in total. The molecule has 0 aromatic carbocycles. The molecule has 32 heavy (non-hydrogen) atoms. The van der Waals surface area contributed by atoms with Crippen LogP contribution >= 0.6 is 0 Å². The summed E-state index contributed by atoms with van der Waals surface area (Å²) in [5, 5.41) is 21.2. The van der Waals surface area contributed by atoms with Crippen LogP contribution in [-0.4, -0.2) is 22.3 Å². The molecule has 3 heteroatoms. The van der Waals surface area contributed by atoms with Crippen molar-refractivity contribution in [2.45, 2.75) is 105 Å². The van der Waals surface area contributed by atoms with Gasteiger partial charge in [-0.1, -0.05) is 58.4 Å². The Labute approximate surface area is 194 Å².